The number of rotatable bonds is 13. The van der Waals surface area contributed by atoms with Crippen LogP contribution in [0.5, 0.6) is 5.75 Å². The fourth-order valence-corrected chi connectivity index (χ4v) is 3.11. The lowest BCUT2D eigenvalue weighted by Gasteiger charge is -2.24. The number of carbonyl (C=O) groups is 3. The molecule has 0 spiro atoms. The second-order valence-corrected chi connectivity index (χ2v) is 9.92. The van der Waals surface area contributed by atoms with Crippen LogP contribution in [0.2, 0.25) is 0 Å². The van der Waals surface area contributed by atoms with Gasteiger partial charge < -0.3 is 20.1 Å². The van der Waals surface area contributed by atoms with Crippen molar-refractivity contribution in [1.29, 1.82) is 0 Å². The molecule has 0 saturated heterocycles. The lowest BCUT2D eigenvalue weighted by molar-refractivity contribution is -0.145. The monoisotopic (exact) mass is 546 g/mol. The highest BCUT2D eigenvalue weighted by Gasteiger charge is 2.28. The van der Waals surface area contributed by atoms with Crippen LogP contribution in [0.3, 0.4) is 0 Å². The summed E-state index contributed by atoms with van der Waals surface area (Å²) in [6.07, 6.45) is 2.33. The molecule has 0 aliphatic carbocycles. The minimum atomic E-state index is -0.763. The number of amides is 2. The molecule has 0 aromatic heterocycles. The van der Waals surface area contributed by atoms with Crippen molar-refractivity contribution in [3.8, 4) is 5.75 Å². The fourth-order valence-electron chi connectivity index (χ4n) is 2.93. The van der Waals surface area contributed by atoms with Crippen molar-refractivity contribution in [2.75, 3.05) is 13.7 Å². The molecule has 1 aromatic rings. The summed E-state index contributed by atoms with van der Waals surface area (Å²) in [5, 5.41) is 5.54. The second kappa shape index (κ2) is 14.3. The number of aryl methyl sites for hydroxylation is 1. The summed E-state index contributed by atoms with van der Waals surface area (Å²) in [6.45, 7) is 8.25. The second-order valence-electron chi connectivity index (χ2n) is 8.05. The van der Waals surface area contributed by atoms with E-state index in [1.54, 1.807) is 6.92 Å². The number of hydrogen-bond donors (Lipinski definition) is 2. The highest BCUT2D eigenvalue weighted by molar-refractivity contribution is 14.1. The standard InChI is InChI=1S/C23H35IN2O5/c1-15(2)14-20(26-21(27)17(4)24)22(28)25-19(23(29)30-5)8-6-7-13-31-18-11-9-16(3)10-12-18/h9-12,15,17,19-20H,6-8,13-14H2,1-5H3,(H,25,28)(H,26,27)/t17-,19-,20?/m0/s1. The maximum atomic E-state index is 12.8. The molecule has 7 nitrogen and oxygen atoms in total. The summed E-state index contributed by atoms with van der Waals surface area (Å²) in [5.41, 5.74) is 1.17. The number of methoxy groups -OCH3 is 1. The van der Waals surface area contributed by atoms with Crippen molar-refractivity contribution < 1.29 is 23.9 Å². The van der Waals surface area contributed by atoms with Crippen molar-refractivity contribution in [2.45, 2.75) is 69.4 Å². The molecule has 31 heavy (non-hydrogen) atoms. The number of ether oxygens (including phenoxy) is 2. The molecule has 0 fully saturated rings. The summed E-state index contributed by atoms with van der Waals surface area (Å²) in [6, 6.07) is 6.37. The van der Waals surface area contributed by atoms with Gasteiger partial charge in [0, 0.05) is 0 Å². The maximum Gasteiger partial charge on any atom is 0.328 e. The molecule has 1 aromatic carbocycles. The smallest absolute Gasteiger partial charge is 0.328 e. The Balaban J connectivity index is 2.59. The molecule has 3 atom stereocenters. The predicted molar refractivity (Wildman–Crippen MR) is 129 cm³/mol. The van der Waals surface area contributed by atoms with Gasteiger partial charge in [-0.25, -0.2) is 4.79 Å². The highest BCUT2D eigenvalue weighted by Crippen LogP contribution is 2.13. The van der Waals surface area contributed by atoms with E-state index in [4.69, 9.17) is 9.47 Å². The Labute approximate surface area is 199 Å². The minimum Gasteiger partial charge on any atom is -0.494 e. The largest absolute Gasteiger partial charge is 0.494 e. The van der Waals surface area contributed by atoms with E-state index in [1.165, 1.54) is 12.7 Å². The van der Waals surface area contributed by atoms with E-state index in [-0.39, 0.29) is 21.7 Å². The fraction of sp³-hybridized carbons (Fsp3) is 0.609. The first-order valence-corrected chi connectivity index (χ1v) is 11.9. The summed E-state index contributed by atoms with van der Waals surface area (Å²) in [7, 11) is 1.30. The number of hydrogen-bond acceptors (Lipinski definition) is 5. The molecular weight excluding hydrogens is 511 g/mol. The van der Waals surface area contributed by atoms with Gasteiger partial charge in [0.15, 0.2) is 0 Å². The van der Waals surface area contributed by atoms with Crippen LogP contribution in [0.1, 0.15) is 52.0 Å². The van der Waals surface area contributed by atoms with Gasteiger partial charge in [-0.15, -0.1) is 0 Å². The van der Waals surface area contributed by atoms with Gasteiger partial charge >= 0.3 is 5.97 Å². The average Bonchev–Trinajstić information content (AvgIpc) is 2.72. The lowest BCUT2D eigenvalue weighted by atomic mass is 10.0. The number of alkyl halides is 1. The average molecular weight is 546 g/mol. The van der Waals surface area contributed by atoms with Crippen molar-refractivity contribution >= 4 is 40.4 Å². The van der Waals surface area contributed by atoms with Crippen molar-refractivity contribution in [3.63, 3.8) is 0 Å². The van der Waals surface area contributed by atoms with Crippen LogP contribution < -0.4 is 15.4 Å². The molecule has 0 radical (unpaired) electrons. The Hall–Kier alpha value is -1.84. The molecule has 0 saturated carbocycles. The van der Waals surface area contributed by atoms with Gasteiger partial charge in [-0.1, -0.05) is 54.1 Å². The molecule has 0 heterocycles. The van der Waals surface area contributed by atoms with Crippen molar-refractivity contribution in [2.24, 2.45) is 5.92 Å². The molecule has 8 heteroatoms. The zero-order valence-corrected chi connectivity index (χ0v) is 21.2. The van der Waals surface area contributed by atoms with E-state index in [2.05, 4.69) is 10.6 Å². The number of nitrogens with one attached hydrogen (secondary N) is 2. The van der Waals surface area contributed by atoms with E-state index < -0.39 is 18.1 Å². The Morgan fingerprint density at radius 1 is 0.968 bits per heavy atom. The van der Waals surface area contributed by atoms with E-state index in [0.29, 0.717) is 25.9 Å². The molecule has 1 unspecified atom stereocenters. The first-order valence-electron chi connectivity index (χ1n) is 10.7. The molecule has 0 aliphatic heterocycles. The van der Waals surface area contributed by atoms with E-state index in [0.717, 1.165) is 12.2 Å². The minimum absolute atomic E-state index is 0.204. The quantitative estimate of drug-likeness (QED) is 0.171. The summed E-state index contributed by atoms with van der Waals surface area (Å²) < 4.78 is 10.3. The summed E-state index contributed by atoms with van der Waals surface area (Å²) in [4.78, 5) is 37.1. The highest BCUT2D eigenvalue weighted by atomic mass is 127. The zero-order valence-electron chi connectivity index (χ0n) is 19.1. The molecule has 2 amide bonds. The van der Waals surface area contributed by atoms with Gasteiger partial charge in [0.05, 0.1) is 17.6 Å². The summed E-state index contributed by atoms with van der Waals surface area (Å²) >= 11 is 2.00. The third-order valence-electron chi connectivity index (χ3n) is 4.68. The maximum absolute atomic E-state index is 12.8. The van der Waals surface area contributed by atoms with Crippen LogP contribution in [0.15, 0.2) is 24.3 Å². The van der Waals surface area contributed by atoms with Crippen LogP contribution in [0, 0.1) is 12.8 Å². The predicted octanol–water partition coefficient (Wildman–Crippen LogP) is 3.56. The van der Waals surface area contributed by atoms with Crippen LogP contribution in [-0.4, -0.2) is 47.5 Å². The third-order valence-corrected chi connectivity index (χ3v) is 5.25. The first kappa shape index (κ1) is 27.2. The SMILES string of the molecule is COC(=O)[C@H](CCCCOc1ccc(C)cc1)NC(=O)C(CC(C)C)NC(=O)[C@H](C)I. The number of unbranched alkanes of at least 4 members (excludes halogenated alkanes) is 1. The van der Waals surface area contributed by atoms with Gasteiger partial charge in [-0.3, -0.25) is 9.59 Å². The van der Waals surface area contributed by atoms with Crippen LogP contribution in [-0.2, 0) is 19.1 Å². The van der Waals surface area contributed by atoms with Crippen LogP contribution in [0.25, 0.3) is 0 Å². The number of carbonyl (C=O) groups excluding carboxylic acids is 3. The van der Waals surface area contributed by atoms with E-state index >= 15 is 0 Å². The Bertz CT molecular complexity index is 706. The topological polar surface area (TPSA) is 93.7 Å². The number of esters is 1. The molecule has 2 N–H and O–H groups in total. The van der Waals surface area contributed by atoms with Crippen molar-refractivity contribution in [3.05, 3.63) is 29.8 Å². The van der Waals surface area contributed by atoms with Gasteiger partial charge in [0.1, 0.15) is 17.8 Å². The number of halogens is 1. The van der Waals surface area contributed by atoms with Crippen LogP contribution in [0.4, 0.5) is 0 Å². The third kappa shape index (κ3) is 10.8. The Morgan fingerprint density at radius 2 is 1.58 bits per heavy atom. The van der Waals surface area contributed by atoms with Gasteiger partial charge in [-0.05, 0) is 57.6 Å². The van der Waals surface area contributed by atoms with Crippen LogP contribution >= 0.6 is 22.6 Å². The van der Waals surface area contributed by atoms with Gasteiger partial charge in [0.25, 0.3) is 0 Å². The normalized spacial score (nSPS) is 13.8. The summed E-state index contributed by atoms with van der Waals surface area (Å²) in [5.74, 6) is -0.0596. The van der Waals surface area contributed by atoms with E-state index in [1.807, 2.05) is 67.6 Å². The van der Waals surface area contributed by atoms with Gasteiger partial charge in [0.2, 0.25) is 11.8 Å². The Kier molecular flexibility index (Phi) is 12.5. The molecule has 0 bridgehead atoms. The first-order chi connectivity index (χ1) is 14.6. The molecular formula is C23H35IN2O5. The molecule has 0 aliphatic rings. The van der Waals surface area contributed by atoms with Gasteiger partial charge in [-0.2, -0.15) is 0 Å². The lowest BCUT2D eigenvalue weighted by Crippen LogP contribution is -2.53. The molecule has 1 rings (SSSR count). The number of benzene rings is 1. The Morgan fingerprint density at radius 3 is 2.13 bits per heavy atom. The van der Waals surface area contributed by atoms with E-state index in [9.17, 15) is 14.4 Å². The molecule has 174 valence electrons. The zero-order chi connectivity index (χ0) is 23.4. The van der Waals surface area contributed by atoms with Crippen molar-refractivity contribution in [1.82, 2.24) is 10.6 Å².